The van der Waals surface area contributed by atoms with Crippen LogP contribution in [0, 0.1) is 5.82 Å². The van der Waals surface area contributed by atoms with Crippen molar-refractivity contribution in [3.8, 4) is 11.5 Å². The first-order chi connectivity index (χ1) is 10.1. The Morgan fingerprint density at radius 3 is 2.62 bits per heavy atom. The molecular weight excluding hydrogens is 293 g/mol. The van der Waals surface area contributed by atoms with E-state index in [2.05, 4.69) is 0 Å². The molecule has 0 aliphatic heterocycles. The Hall–Kier alpha value is -1.78. The summed E-state index contributed by atoms with van der Waals surface area (Å²) in [4.78, 5) is 0. The number of rotatable bonds is 6. The fourth-order valence-corrected chi connectivity index (χ4v) is 2.07. The molecule has 0 aliphatic rings. The van der Waals surface area contributed by atoms with Gasteiger partial charge in [0.15, 0.2) is 11.5 Å². The van der Waals surface area contributed by atoms with Crippen LogP contribution in [-0.2, 0) is 13.2 Å². The molecule has 0 aromatic heterocycles. The molecule has 2 aromatic carbocycles. The Labute approximate surface area is 128 Å². The minimum Gasteiger partial charge on any atom is -0.490 e. The molecule has 0 heterocycles. The van der Waals surface area contributed by atoms with Crippen LogP contribution in [0.2, 0.25) is 5.02 Å². The molecule has 0 spiro atoms. The van der Waals surface area contributed by atoms with Gasteiger partial charge >= 0.3 is 0 Å². The first-order valence-corrected chi connectivity index (χ1v) is 7.04. The van der Waals surface area contributed by atoms with Crippen LogP contribution in [0.3, 0.4) is 0 Å². The Morgan fingerprint density at radius 2 is 1.90 bits per heavy atom. The van der Waals surface area contributed by atoms with E-state index in [9.17, 15) is 4.39 Å². The van der Waals surface area contributed by atoms with Crippen LogP contribution in [0.15, 0.2) is 36.4 Å². The van der Waals surface area contributed by atoms with Gasteiger partial charge in [-0.05, 0) is 42.8 Å². The van der Waals surface area contributed by atoms with Gasteiger partial charge in [-0.25, -0.2) is 4.39 Å². The van der Waals surface area contributed by atoms with E-state index in [1.54, 1.807) is 12.1 Å². The van der Waals surface area contributed by atoms with E-state index in [1.807, 2.05) is 19.1 Å². The topological polar surface area (TPSA) is 44.5 Å². The predicted octanol–water partition coefficient (Wildman–Crippen LogP) is 3.92. The second-order valence-corrected chi connectivity index (χ2v) is 4.88. The van der Waals surface area contributed by atoms with Gasteiger partial charge in [0.25, 0.3) is 0 Å². The van der Waals surface area contributed by atoms with Crippen LogP contribution in [0.5, 0.6) is 11.5 Å². The number of hydrogen-bond donors (Lipinski definition) is 1. The Bertz CT molecular complexity index is 619. The van der Waals surface area contributed by atoms with Crippen LogP contribution >= 0.6 is 11.6 Å². The molecular formula is C16H17ClFNO2. The fourth-order valence-electron chi connectivity index (χ4n) is 1.88. The highest BCUT2D eigenvalue weighted by atomic mass is 35.5. The first-order valence-electron chi connectivity index (χ1n) is 6.66. The Kier molecular flexibility index (Phi) is 5.42. The average molecular weight is 310 g/mol. The molecule has 0 fully saturated rings. The lowest BCUT2D eigenvalue weighted by Crippen LogP contribution is -2.03. The Balaban J connectivity index is 2.17. The van der Waals surface area contributed by atoms with Crippen molar-refractivity contribution >= 4 is 11.6 Å². The van der Waals surface area contributed by atoms with Crippen LogP contribution < -0.4 is 15.2 Å². The molecule has 0 amide bonds. The molecule has 2 N–H and O–H groups in total. The third kappa shape index (κ3) is 4.09. The smallest absolute Gasteiger partial charge is 0.161 e. The second-order valence-electron chi connectivity index (χ2n) is 4.44. The van der Waals surface area contributed by atoms with Crippen molar-refractivity contribution in [3.05, 3.63) is 58.4 Å². The van der Waals surface area contributed by atoms with E-state index in [0.29, 0.717) is 35.2 Å². The summed E-state index contributed by atoms with van der Waals surface area (Å²) in [5.41, 5.74) is 6.95. The lowest BCUT2D eigenvalue weighted by Gasteiger charge is -2.13. The molecule has 0 aliphatic carbocycles. The number of ether oxygens (including phenoxy) is 2. The molecule has 0 saturated heterocycles. The van der Waals surface area contributed by atoms with Crippen molar-refractivity contribution in [2.45, 2.75) is 20.1 Å². The van der Waals surface area contributed by atoms with Gasteiger partial charge in [-0.3, -0.25) is 0 Å². The highest BCUT2D eigenvalue weighted by molar-refractivity contribution is 6.30. The Morgan fingerprint density at radius 1 is 1.10 bits per heavy atom. The van der Waals surface area contributed by atoms with Crippen molar-refractivity contribution in [2.24, 2.45) is 5.73 Å². The predicted molar refractivity (Wildman–Crippen MR) is 81.2 cm³/mol. The molecule has 0 radical (unpaired) electrons. The molecule has 5 heteroatoms. The van der Waals surface area contributed by atoms with Crippen molar-refractivity contribution in [2.75, 3.05) is 6.61 Å². The van der Waals surface area contributed by atoms with Crippen molar-refractivity contribution in [1.29, 1.82) is 0 Å². The summed E-state index contributed by atoms with van der Waals surface area (Å²) in [6.07, 6.45) is 0. The zero-order valence-corrected chi connectivity index (χ0v) is 12.5. The van der Waals surface area contributed by atoms with Crippen LogP contribution in [0.1, 0.15) is 18.1 Å². The highest BCUT2D eigenvalue weighted by Gasteiger charge is 2.09. The molecule has 0 saturated carbocycles. The standard InChI is InChI=1S/C16H17ClFNO2/c1-2-20-16-7-11(9-19)3-6-15(16)21-10-12-8-13(17)4-5-14(12)18/h3-8H,2,9-10,19H2,1H3. The maximum atomic E-state index is 13.7. The third-order valence-corrected chi connectivity index (χ3v) is 3.17. The summed E-state index contributed by atoms with van der Waals surface area (Å²) in [6, 6.07) is 9.82. The lowest BCUT2D eigenvalue weighted by atomic mass is 10.2. The summed E-state index contributed by atoms with van der Waals surface area (Å²) in [5, 5.41) is 0.471. The van der Waals surface area contributed by atoms with Crippen LogP contribution in [0.25, 0.3) is 0 Å². The molecule has 2 rings (SSSR count). The number of hydrogen-bond acceptors (Lipinski definition) is 3. The van der Waals surface area contributed by atoms with Gasteiger partial charge < -0.3 is 15.2 Å². The number of halogens is 2. The zero-order chi connectivity index (χ0) is 15.2. The summed E-state index contributed by atoms with van der Waals surface area (Å²) in [6.45, 7) is 2.89. The number of nitrogens with two attached hydrogens (primary N) is 1. The fraction of sp³-hybridized carbons (Fsp3) is 0.250. The van der Waals surface area contributed by atoms with Gasteiger partial charge in [0.05, 0.1) is 6.61 Å². The normalized spacial score (nSPS) is 10.5. The first kappa shape index (κ1) is 15.6. The van der Waals surface area contributed by atoms with E-state index < -0.39 is 0 Å². The summed E-state index contributed by atoms with van der Waals surface area (Å²) in [5.74, 6) is 0.798. The van der Waals surface area contributed by atoms with E-state index in [-0.39, 0.29) is 12.4 Å². The largest absolute Gasteiger partial charge is 0.490 e. The highest BCUT2D eigenvalue weighted by Crippen LogP contribution is 2.29. The second kappa shape index (κ2) is 7.29. The van der Waals surface area contributed by atoms with E-state index in [0.717, 1.165) is 5.56 Å². The van der Waals surface area contributed by atoms with Crippen molar-refractivity contribution < 1.29 is 13.9 Å². The zero-order valence-electron chi connectivity index (χ0n) is 11.7. The lowest BCUT2D eigenvalue weighted by molar-refractivity contribution is 0.265. The van der Waals surface area contributed by atoms with Crippen LogP contribution in [-0.4, -0.2) is 6.61 Å². The van der Waals surface area contributed by atoms with Gasteiger partial charge in [-0.1, -0.05) is 17.7 Å². The molecule has 2 aromatic rings. The van der Waals surface area contributed by atoms with Gasteiger partial charge in [-0.15, -0.1) is 0 Å². The van der Waals surface area contributed by atoms with E-state index in [1.165, 1.54) is 12.1 Å². The summed E-state index contributed by atoms with van der Waals surface area (Å²) >= 11 is 5.86. The van der Waals surface area contributed by atoms with Crippen molar-refractivity contribution in [1.82, 2.24) is 0 Å². The van der Waals surface area contributed by atoms with Gasteiger partial charge in [0.1, 0.15) is 12.4 Å². The molecule has 0 unspecified atom stereocenters. The minimum atomic E-state index is -0.351. The van der Waals surface area contributed by atoms with Gasteiger partial charge in [0.2, 0.25) is 0 Å². The van der Waals surface area contributed by atoms with Crippen molar-refractivity contribution in [3.63, 3.8) is 0 Å². The quantitative estimate of drug-likeness (QED) is 0.879. The third-order valence-electron chi connectivity index (χ3n) is 2.93. The van der Waals surface area contributed by atoms with Crippen LogP contribution in [0.4, 0.5) is 4.39 Å². The molecule has 0 atom stereocenters. The minimum absolute atomic E-state index is 0.0778. The monoisotopic (exact) mass is 309 g/mol. The van der Waals surface area contributed by atoms with E-state index in [4.69, 9.17) is 26.8 Å². The van der Waals surface area contributed by atoms with Gasteiger partial charge in [0, 0.05) is 17.1 Å². The SMILES string of the molecule is CCOc1cc(CN)ccc1OCc1cc(Cl)ccc1F. The molecule has 0 bridgehead atoms. The number of benzene rings is 2. The maximum Gasteiger partial charge on any atom is 0.161 e. The van der Waals surface area contributed by atoms with Gasteiger partial charge in [-0.2, -0.15) is 0 Å². The summed E-state index contributed by atoms with van der Waals surface area (Å²) < 4.78 is 24.8. The average Bonchev–Trinajstić information content (AvgIpc) is 2.49. The molecule has 112 valence electrons. The molecule has 3 nitrogen and oxygen atoms in total. The maximum absolute atomic E-state index is 13.7. The molecule has 21 heavy (non-hydrogen) atoms. The summed E-state index contributed by atoms with van der Waals surface area (Å²) in [7, 11) is 0. The van der Waals surface area contributed by atoms with E-state index >= 15 is 0 Å².